The van der Waals surface area contributed by atoms with Crippen molar-refractivity contribution in [3.8, 4) is 0 Å². The Morgan fingerprint density at radius 1 is 1.30 bits per heavy atom. The first-order valence-corrected chi connectivity index (χ1v) is 8.00. The predicted octanol–water partition coefficient (Wildman–Crippen LogP) is 3.28. The van der Waals surface area contributed by atoms with Crippen LogP contribution >= 0.6 is 11.3 Å². The zero-order valence-electron chi connectivity index (χ0n) is 11.9. The smallest absolute Gasteiger partial charge is 0.240 e. The molecule has 2 aromatic rings. The van der Waals surface area contributed by atoms with Gasteiger partial charge in [0.2, 0.25) is 5.95 Å². The van der Waals surface area contributed by atoms with Crippen LogP contribution in [0, 0.1) is 12.8 Å². The third-order valence-electron chi connectivity index (χ3n) is 4.08. The molecular formula is C14H21N5S. The highest BCUT2D eigenvalue weighted by molar-refractivity contribution is 7.18. The van der Waals surface area contributed by atoms with Gasteiger partial charge < -0.3 is 5.32 Å². The van der Waals surface area contributed by atoms with E-state index in [1.165, 1.54) is 30.6 Å². The van der Waals surface area contributed by atoms with Gasteiger partial charge in [-0.1, -0.05) is 19.8 Å². The summed E-state index contributed by atoms with van der Waals surface area (Å²) >= 11 is 1.67. The maximum atomic E-state index is 5.48. The lowest BCUT2D eigenvalue weighted by molar-refractivity contribution is 0.349. The summed E-state index contributed by atoms with van der Waals surface area (Å²) < 4.78 is 0. The molecule has 5 nitrogen and oxygen atoms in total. The summed E-state index contributed by atoms with van der Waals surface area (Å²) in [5.41, 5.74) is 2.56. The molecule has 0 bridgehead atoms. The number of rotatable bonds is 3. The van der Waals surface area contributed by atoms with Gasteiger partial charge in [-0.2, -0.15) is 4.98 Å². The summed E-state index contributed by atoms with van der Waals surface area (Å²) in [4.78, 5) is 11.2. The summed E-state index contributed by atoms with van der Waals surface area (Å²) in [7, 11) is 0. The zero-order valence-corrected chi connectivity index (χ0v) is 12.8. The van der Waals surface area contributed by atoms with Crippen LogP contribution in [0.25, 0.3) is 10.2 Å². The summed E-state index contributed by atoms with van der Waals surface area (Å²) in [6, 6.07) is 2.64. The van der Waals surface area contributed by atoms with Crippen LogP contribution in [0.5, 0.6) is 0 Å². The van der Waals surface area contributed by atoms with E-state index in [1.54, 1.807) is 11.3 Å². The molecule has 2 unspecified atom stereocenters. The van der Waals surface area contributed by atoms with Gasteiger partial charge in [0.05, 0.1) is 5.39 Å². The van der Waals surface area contributed by atoms with Crippen molar-refractivity contribution in [2.24, 2.45) is 11.8 Å². The van der Waals surface area contributed by atoms with E-state index < -0.39 is 0 Å². The third kappa shape index (κ3) is 2.58. The highest BCUT2D eigenvalue weighted by Crippen LogP contribution is 2.32. The fourth-order valence-electron chi connectivity index (χ4n) is 2.92. The Morgan fingerprint density at radius 2 is 2.10 bits per heavy atom. The maximum absolute atomic E-state index is 5.48. The lowest BCUT2D eigenvalue weighted by atomic mass is 9.86. The van der Waals surface area contributed by atoms with E-state index in [0.29, 0.717) is 17.9 Å². The molecule has 0 amide bonds. The predicted molar refractivity (Wildman–Crippen MR) is 85.0 cm³/mol. The number of hydrazine groups is 1. The average Bonchev–Trinajstić information content (AvgIpc) is 2.81. The minimum Gasteiger partial charge on any atom is -0.366 e. The SMILES string of the molecule is Cc1cc2c(NC3CCCCC3C)nc(NN)nc2s1. The summed E-state index contributed by atoms with van der Waals surface area (Å²) in [5.74, 6) is 7.55. The van der Waals surface area contributed by atoms with Crippen LogP contribution in [0.3, 0.4) is 0 Å². The Labute approximate surface area is 123 Å². The molecule has 3 rings (SSSR count). The first-order valence-electron chi connectivity index (χ1n) is 7.18. The van der Waals surface area contributed by atoms with Crippen LogP contribution in [-0.2, 0) is 0 Å². The Morgan fingerprint density at radius 3 is 2.85 bits per heavy atom. The van der Waals surface area contributed by atoms with Crippen molar-refractivity contribution in [3.05, 3.63) is 10.9 Å². The van der Waals surface area contributed by atoms with Crippen molar-refractivity contribution in [1.82, 2.24) is 9.97 Å². The average molecular weight is 291 g/mol. The molecule has 0 aliphatic heterocycles. The Bertz CT molecular complexity index is 609. The second kappa shape index (κ2) is 5.54. The van der Waals surface area contributed by atoms with E-state index in [4.69, 9.17) is 5.84 Å². The molecule has 0 radical (unpaired) electrons. The topological polar surface area (TPSA) is 75.9 Å². The minimum absolute atomic E-state index is 0.477. The molecule has 1 saturated carbocycles. The molecule has 1 aliphatic rings. The Kier molecular flexibility index (Phi) is 3.76. The number of thiophene rings is 1. The number of aryl methyl sites for hydroxylation is 1. The standard InChI is InChI=1S/C14H21N5S/c1-8-5-3-4-6-11(8)16-12-10-7-9(2)20-13(10)18-14(17-12)19-15/h7-8,11H,3-6,15H2,1-2H3,(H2,16,17,18,19). The highest BCUT2D eigenvalue weighted by atomic mass is 32.1. The molecule has 0 spiro atoms. The number of hydrogen-bond donors (Lipinski definition) is 3. The van der Waals surface area contributed by atoms with Gasteiger partial charge in [-0.25, -0.2) is 10.8 Å². The zero-order chi connectivity index (χ0) is 14.1. The van der Waals surface area contributed by atoms with Gasteiger partial charge >= 0.3 is 0 Å². The largest absolute Gasteiger partial charge is 0.366 e. The second-order valence-electron chi connectivity index (χ2n) is 5.63. The van der Waals surface area contributed by atoms with E-state index in [0.717, 1.165) is 16.0 Å². The lowest BCUT2D eigenvalue weighted by Gasteiger charge is -2.30. The van der Waals surface area contributed by atoms with Gasteiger partial charge in [0.15, 0.2) is 0 Å². The Balaban J connectivity index is 1.96. The monoisotopic (exact) mass is 291 g/mol. The van der Waals surface area contributed by atoms with Crippen molar-refractivity contribution in [2.75, 3.05) is 10.7 Å². The molecule has 1 fully saturated rings. The molecular weight excluding hydrogens is 270 g/mol. The summed E-state index contributed by atoms with van der Waals surface area (Å²) in [6.07, 6.45) is 5.13. The molecule has 0 saturated heterocycles. The molecule has 0 aromatic carbocycles. The number of nitrogen functional groups attached to an aromatic ring is 1. The number of nitrogens with one attached hydrogen (secondary N) is 2. The molecule has 1 aliphatic carbocycles. The lowest BCUT2D eigenvalue weighted by Crippen LogP contribution is -2.31. The third-order valence-corrected chi connectivity index (χ3v) is 5.02. The van der Waals surface area contributed by atoms with Crippen LogP contribution < -0.4 is 16.6 Å². The normalized spacial score (nSPS) is 22.9. The molecule has 2 atom stereocenters. The van der Waals surface area contributed by atoms with Crippen LogP contribution in [-0.4, -0.2) is 16.0 Å². The number of aromatic nitrogens is 2. The molecule has 4 N–H and O–H groups in total. The maximum Gasteiger partial charge on any atom is 0.240 e. The van der Waals surface area contributed by atoms with Crippen LogP contribution in [0.4, 0.5) is 11.8 Å². The van der Waals surface area contributed by atoms with Crippen molar-refractivity contribution in [2.45, 2.75) is 45.6 Å². The van der Waals surface area contributed by atoms with E-state index >= 15 is 0 Å². The number of hydrogen-bond acceptors (Lipinski definition) is 6. The second-order valence-corrected chi connectivity index (χ2v) is 6.86. The van der Waals surface area contributed by atoms with Crippen molar-refractivity contribution < 1.29 is 0 Å². The van der Waals surface area contributed by atoms with Crippen molar-refractivity contribution >= 4 is 33.3 Å². The van der Waals surface area contributed by atoms with Gasteiger partial charge in [0.25, 0.3) is 0 Å². The van der Waals surface area contributed by atoms with Gasteiger partial charge in [-0.15, -0.1) is 11.3 Å². The van der Waals surface area contributed by atoms with Crippen LogP contribution in [0.15, 0.2) is 6.07 Å². The van der Waals surface area contributed by atoms with Crippen LogP contribution in [0.2, 0.25) is 0 Å². The minimum atomic E-state index is 0.477. The van der Waals surface area contributed by atoms with Gasteiger partial charge in [0.1, 0.15) is 10.6 Å². The van der Waals surface area contributed by atoms with E-state index in [9.17, 15) is 0 Å². The van der Waals surface area contributed by atoms with Crippen molar-refractivity contribution in [1.29, 1.82) is 0 Å². The number of nitrogens with zero attached hydrogens (tertiary/aromatic N) is 2. The van der Waals surface area contributed by atoms with Crippen LogP contribution in [0.1, 0.15) is 37.5 Å². The number of nitrogens with two attached hydrogens (primary N) is 1. The molecule has 108 valence electrons. The van der Waals surface area contributed by atoms with Gasteiger partial charge in [-0.3, -0.25) is 5.43 Å². The quantitative estimate of drug-likeness (QED) is 0.597. The molecule has 6 heteroatoms. The number of fused-ring (bicyclic) bond motifs is 1. The molecule has 2 heterocycles. The van der Waals surface area contributed by atoms with E-state index in [1.807, 2.05) is 0 Å². The number of anilines is 2. The van der Waals surface area contributed by atoms with Gasteiger partial charge in [0, 0.05) is 10.9 Å². The van der Waals surface area contributed by atoms with Gasteiger partial charge in [-0.05, 0) is 31.7 Å². The summed E-state index contributed by atoms with van der Waals surface area (Å²) in [6.45, 7) is 4.41. The fourth-order valence-corrected chi connectivity index (χ4v) is 3.80. The summed E-state index contributed by atoms with van der Waals surface area (Å²) in [5, 5.41) is 4.72. The van der Waals surface area contributed by atoms with E-state index in [-0.39, 0.29) is 0 Å². The van der Waals surface area contributed by atoms with E-state index in [2.05, 4.69) is 40.6 Å². The van der Waals surface area contributed by atoms with Crippen molar-refractivity contribution in [3.63, 3.8) is 0 Å². The fraction of sp³-hybridized carbons (Fsp3) is 0.571. The Hall–Kier alpha value is -1.40. The molecule has 20 heavy (non-hydrogen) atoms. The molecule has 2 aromatic heterocycles. The first-order chi connectivity index (χ1) is 9.67. The first kappa shape index (κ1) is 13.6. The highest BCUT2D eigenvalue weighted by Gasteiger charge is 2.22.